The number of nitrogens with zero attached hydrogens (tertiary/aromatic N) is 3. The Hall–Kier alpha value is -3.48. The molecule has 1 heterocycles. The highest BCUT2D eigenvalue weighted by Gasteiger charge is 2.16. The van der Waals surface area contributed by atoms with Crippen LogP contribution >= 0.6 is 0 Å². The Kier molecular flexibility index (Phi) is 3.60. The number of aromatic nitrogens is 3. The van der Waals surface area contributed by atoms with Crippen molar-refractivity contribution in [2.45, 2.75) is 0 Å². The smallest absolute Gasteiger partial charge is 0.356 e. The van der Waals surface area contributed by atoms with Crippen molar-refractivity contribution in [2.75, 3.05) is 0 Å². The van der Waals surface area contributed by atoms with E-state index in [0.29, 0.717) is 11.3 Å². The van der Waals surface area contributed by atoms with E-state index in [2.05, 4.69) is 10.3 Å². The molecule has 0 bridgehead atoms. The molecule has 3 N–H and O–H groups in total. The van der Waals surface area contributed by atoms with Crippen molar-refractivity contribution in [1.82, 2.24) is 15.0 Å². The lowest BCUT2D eigenvalue weighted by Gasteiger charge is -2.10. The van der Waals surface area contributed by atoms with Gasteiger partial charge in [0.2, 0.25) is 5.91 Å². The van der Waals surface area contributed by atoms with Crippen LogP contribution in [0.5, 0.6) is 0 Å². The monoisotopic (exact) mass is 308 g/mol. The summed E-state index contributed by atoms with van der Waals surface area (Å²) in [5, 5.41) is 16.5. The molecule has 0 fully saturated rings. The molecule has 0 aliphatic carbocycles. The van der Waals surface area contributed by atoms with Gasteiger partial charge in [-0.3, -0.25) is 4.79 Å². The van der Waals surface area contributed by atoms with Gasteiger partial charge in [-0.15, -0.1) is 5.10 Å². The Morgan fingerprint density at radius 3 is 2.48 bits per heavy atom. The molecule has 0 unspecified atom stereocenters. The molecule has 114 valence electrons. The quantitative estimate of drug-likeness (QED) is 0.762. The minimum Gasteiger partial charge on any atom is -0.476 e. The Morgan fingerprint density at radius 1 is 1.09 bits per heavy atom. The predicted molar refractivity (Wildman–Crippen MR) is 82.3 cm³/mol. The van der Waals surface area contributed by atoms with E-state index in [1.807, 2.05) is 30.3 Å². The Bertz CT molecular complexity index is 887. The van der Waals surface area contributed by atoms with E-state index in [1.165, 1.54) is 6.07 Å². The van der Waals surface area contributed by atoms with Crippen LogP contribution in [0.4, 0.5) is 0 Å². The summed E-state index contributed by atoms with van der Waals surface area (Å²) in [6.45, 7) is 0. The van der Waals surface area contributed by atoms with Crippen LogP contribution in [0.1, 0.15) is 20.8 Å². The molecule has 2 aromatic carbocycles. The van der Waals surface area contributed by atoms with Gasteiger partial charge in [0.25, 0.3) is 0 Å². The third-order valence-corrected chi connectivity index (χ3v) is 3.37. The van der Waals surface area contributed by atoms with Crippen LogP contribution in [-0.4, -0.2) is 32.0 Å². The minimum atomic E-state index is -1.16. The van der Waals surface area contributed by atoms with Crippen LogP contribution in [-0.2, 0) is 0 Å². The molecule has 0 aliphatic rings. The van der Waals surface area contributed by atoms with Gasteiger partial charge in [0.15, 0.2) is 5.69 Å². The number of amides is 1. The van der Waals surface area contributed by atoms with E-state index in [4.69, 9.17) is 10.8 Å². The summed E-state index contributed by atoms with van der Waals surface area (Å²) in [7, 11) is 0. The van der Waals surface area contributed by atoms with Crippen molar-refractivity contribution in [3.63, 3.8) is 0 Å². The average Bonchev–Trinajstić information content (AvgIpc) is 3.05. The molecule has 0 saturated heterocycles. The molecule has 1 aromatic heterocycles. The molecule has 0 atom stereocenters. The second-order valence-electron chi connectivity index (χ2n) is 4.80. The topological polar surface area (TPSA) is 111 Å². The second kappa shape index (κ2) is 5.72. The van der Waals surface area contributed by atoms with E-state index < -0.39 is 11.9 Å². The highest BCUT2D eigenvalue weighted by atomic mass is 16.4. The van der Waals surface area contributed by atoms with Crippen LogP contribution < -0.4 is 5.73 Å². The highest BCUT2D eigenvalue weighted by molar-refractivity contribution is 6.00. The van der Waals surface area contributed by atoms with Gasteiger partial charge in [-0.25, -0.2) is 9.48 Å². The molecule has 3 aromatic rings. The fraction of sp³-hybridized carbons (Fsp3) is 0. The summed E-state index contributed by atoms with van der Waals surface area (Å²) >= 11 is 0. The third-order valence-electron chi connectivity index (χ3n) is 3.37. The Labute approximate surface area is 131 Å². The van der Waals surface area contributed by atoms with Gasteiger partial charge < -0.3 is 10.8 Å². The fourth-order valence-electron chi connectivity index (χ4n) is 2.31. The molecular formula is C16H12N4O3. The van der Waals surface area contributed by atoms with Crippen LogP contribution in [0.2, 0.25) is 0 Å². The second-order valence-corrected chi connectivity index (χ2v) is 4.80. The van der Waals surface area contributed by atoms with Gasteiger partial charge in [0.1, 0.15) is 0 Å². The molecule has 3 rings (SSSR count). The molecule has 0 aliphatic heterocycles. The number of nitrogens with two attached hydrogens (primary N) is 1. The number of benzene rings is 2. The summed E-state index contributed by atoms with van der Waals surface area (Å²) in [5.41, 5.74) is 7.55. The first-order chi connectivity index (χ1) is 11.1. The number of carbonyl (C=O) groups is 2. The number of rotatable bonds is 4. The van der Waals surface area contributed by atoms with Crippen molar-refractivity contribution in [3.05, 3.63) is 66.0 Å². The van der Waals surface area contributed by atoms with Gasteiger partial charge in [0, 0.05) is 5.56 Å². The summed E-state index contributed by atoms with van der Waals surface area (Å²) in [4.78, 5) is 23.0. The lowest BCUT2D eigenvalue weighted by Crippen LogP contribution is -2.14. The number of aromatic carboxylic acids is 1. The van der Waals surface area contributed by atoms with Gasteiger partial charge in [-0.05, 0) is 23.3 Å². The first kappa shape index (κ1) is 14.5. The van der Waals surface area contributed by atoms with Gasteiger partial charge in [-0.1, -0.05) is 41.6 Å². The summed E-state index contributed by atoms with van der Waals surface area (Å²) < 4.78 is 1.14. The van der Waals surface area contributed by atoms with Crippen molar-refractivity contribution < 1.29 is 14.7 Å². The van der Waals surface area contributed by atoms with Crippen molar-refractivity contribution in [3.8, 4) is 16.8 Å². The molecule has 7 heteroatoms. The lowest BCUT2D eigenvalue weighted by molar-refractivity contribution is 0.0686. The Balaban J connectivity index is 2.16. The number of carbonyl (C=O) groups excluding carboxylic acids is 1. The largest absolute Gasteiger partial charge is 0.476 e. The van der Waals surface area contributed by atoms with E-state index in [0.717, 1.165) is 16.4 Å². The zero-order valence-electron chi connectivity index (χ0n) is 11.9. The molecule has 1 amide bonds. The maximum Gasteiger partial charge on any atom is 0.356 e. The highest BCUT2D eigenvalue weighted by Crippen LogP contribution is 2.26. The molecule has 7 nitrogen and oxygen atoms in total. The van der Waals surface area contributed by atoms with E-state index >= 15 is 0 Å². The summed E-state index contributed by atoms with van der Waals surface area (Å²) in [6, 6.07) is 14.2. The summed E-state index contributed by atoms with van der Waals surface area (Å²) in [6.07, 6.45) is 1.14. The minimum absolute atomic E-state index is 0.104. The molecule has 0 saturated carbocycles. The zero-order valence-corrected chi connectivity index (χ0v) is 11.9. The Morgan fingerprint density at radius 2 is 1.83 bits per heavy atom. The van der Waals surface area contributed by atoms with Gasteiger partial charge >= 0.3 is 5.97 Å². The maximum absolute atomic E-state index is 11.8. The molecule has 0 radical (unpaired) electrons. The first-order valence-corrected chi connectivity index (χ1v) is 6.71. The number of primary amides is 1. The summed E-state index contributed by atoms with van der Waals surface area (Å²) in [5.74, 6) is -1.77. The van der Waals surface area contributed by atoms with Crippen LogP contribution in [0.3, 0.4) is 0 Å². The zero-order chi connectivity index (χ0) is 16.4. The van der Waals surface area contributed by atoms with E-state index in [9.17, 15) is 9.59 Å². The third kappa shape index (κ3) is 2.67. The van der Waals surface area contributed by atoms with E-state index in [1.54, 1.807) is 12.1 Å². The first-order valence-electron chi connectivity index (χ1n) is 6.71. The van der Waals surface area contributed by atoms with Gasteiger partial charge in [0.05, 0.1) is 11.9 Å². The van der Waals surface area contributed by atoms with Gasteiger partial charge in [-0.2, -0.15) is 0 Å². The number of hydrogen-bond acceptors (Lipinski definition) is 4. The predicted octanol–water partition coefficient (Wildman–Crippen LogP) is 1.73. The van der Waals surface area contributed by atoms with Crippen molar-refractivity contribution in [2.24, 2.45) is 5.73 Å². The van der Waals surface area contributed by atoms with Crippen LogP contribution in [0.15, 0.2) is 54.7 Å². The van der Waals surface area contributed by atoms with Crippen LogP contribution in [0, 0.1) is 0 Å². The van der Waals surface area contributed by atoms with Crippen LogP contribution in [0.25, 0.3) is 16.8 Å². The fourth-order valence-corrected chi connectivity index (χ4v) is 2.31. The molecule has 23 heavy (non-hydrogen) atoms. The van der Waals surface area contributed by atoms with Crippen molar-refractivity contribution in [1.29, 1.82) is 0 Å². The standard InChI is InChI=1S/C16H12N4O3/c17-15(21)13-8-11(20-14(16(22)23)9-18-19-20)6-7-12(13)10-4-2-1-3-5-10/h1-9H,(H2,17,21)(H,22,23). The van der Waals surface area contributed by atoms with E-state index in [-0.39, 0.29) is 11.3 Å². The average molecular weight is 308 g/mol. The number of hydrogen-bond donors (Lipinski definition) is 2. The molecule has 0 spiro atoms. The maximum atomic E-state index is 11.8. The lowest BCUT2D eigenvalue weighted by atomic mass is 9.98. The van der Waals surface area contributed by atoms with Crippen molar-refractivity contribution >= 4 is 11.9 Å². The SMILES string of the molecule is NC(=O)c1cc(-n2nncc2C(=O)O)ccc1-c1ccccc1. The number of carboxylic acid groups (broad SMARTS) is 1. The number of carboxylic acids is 1. The molecular weight excluding hydrogens is 296 g/mol. The normalized spacial score (nSPS) is 10.4.